The molecule has 0 aromatic heterocycles. The van der Waals surface area contributed by atoms with Gasteiger partial charge in [-0.05, 0) is 25.3 Å². The topological polar surface area (TPSA) is 12.0 Å². The second kappa shape index (κ2) is 4.16. The fraction of sp³-hybridized carbons (Fsp3) is 0.455. The molecule has 2 rings (SSSR count). The molecule has 1 fully saturated rings. The average Bonchev–Trinajstić information content (AvgIpc) is 2.20. The van der Waals surface area contributed by atoms with Crippen LogP contribution in [0.25, 0.3) is 0 Å². The van der Waals surface area contributed by atoms with Gasteiger partial charge in [0.05, 0.1) is 0 Å². The molecular formula is C11H15NS. The van der Waals surface area contributed by atoms with Gasteiger partial charge in [0.25, 0.3) is 0 Å². The Labute approximate surface area is 84.1 Å². The molecule has 0 amide bonds. The van der Waals surface area contributed by atoms with E-state index in [-0.39, 0.29) is 0 Å². The maximum atomic E-state index is 3.45. The summed E-state index contributed by atoms with van der Waals surface area (Å²) in [5, 5.41) is 0.650. The molecule has 1 saturated heterocycles. The van der Waals surface area contributed by atoms with E-state index in [1.807, 2.05) is 11.9 Å². The fourth-order valence-electron chi connectivity index (χ4n) is 1.62. The van der Waals surface area contributed by atoms with Crippen LogP contribution in [0.4, 0.5) is 0 Å². The molecule has 0 aliphatic carbocycles. The summed E-state index contributed by atoms with van der Waals surface area (Å²) in [4.78, 5) is 0. The number of hydrogen-bond donors (Lipinski definition) is 1. The Kier molecular flexibility index (Phi) is 2.91. The predicted octanol–water partition coefficient (Wildman–Crippen LogP) is 3.15. The van der Waals surface area contributed by atoms with Gasteiger partial charge in [0.1, 0.15) is 0 Å². The first-order chi connectivity index (χ1) is 6.36. The third-order valence-electron chi connectivity index (χ3n) is 2.44. The molecule has 2 atom stereocenters. The predicted molar refractivity (Wildman–Crippen MR) is 58.6 cm³/mol. The smallest absolute Gasteiger partial charge is 0.0443 e. The van der Waals surface area contributed by atoms with Crippen molar-refractivity contribution in [2.24, 2.45) is 0 Å². The van der Waals surface area contributed by atoms with Gasteiger partial charge in [-0.3, -0.25) is 4.72 Å². The molecule has 1 N–H and O–H groups in total. The van der Waals surface area contributed by atoms with Gasteiger partial charge >= 0.3 is 0 Å². The highest BCUT2D eigenvalue weighted by atomic mass is 32.2. The van der Waals surface area contributed by atoms with E-state index in [1.54, 1.807) is 0 Å². The molecule has 0 saturated carbocycles. The van der Waals surface area contributed by atoms with Crippen LogP contribution in [0.1, 0.15) is 30.6 Å². The van der Waals surface area contributed by atoms with Crippen molar-refractivity contribution in [3.63, 3.8) is 0 Å². The Bertz CT molecular complexity index is 252. The third-order valence-corrected chi connectivity index (χ3v) is 3.78. The first-order valence-corrected chi connectivity index (χ1v) is 5.70. The molecule has 1 heterocycles. The molecule has 2 heteroatoms. The maximum Gasteiger partial charge on any atom is 0.0443 e. The molecule has 1 aromatic carbocycles. The summed E-state index contributed by atoms with van der Waals surface area (Å²) in [6.45, 7) is 2.24. The summed E-state index contributed by atoms with van der Waals surface area (Å²) in [5.74, 6) is 0. The molecule has 1 nitrogen and oxygen atoms in total. The highest BCUT2D eigenvalue weighted by molar-refractivity contribution is 7.97. The molecule has 1 unspecified atom stereocenters. The third kappa shape index (κ3) is 2.26. The van der Waals surface area contributed by atoms with Crippen LogP contribution in [0.2, 0.25) is 0 Å². The molecule has 13 heavy (non-hydrogen) atoms. The van der Waals surface area contributed by atoms with Gasteiger partial charge in [-0.2, -0.15) is 0 Å². The number of rotatable bonds is 1. The highest BCUT2D eigenvalue weighted by Crippen LogP contribution is 2.35. The van der Waals surface area contributed by atoms with Gasteiger partial charge in [0.15, 0.2) is 0 Å². The summed E-state index contributed by atoms with van der Waals surface area (Å²) >= 11 is 1.87. The standard InChI is InChI=1S/C11H15NS/c1-9-7-8-11(13-12-9)10-5-3-2-4-6-10/h2-6,9,11-12H,7-8H2,1H3/t9-,11?/m0/s1. The van der Waals surface area contributed by atoms with Crippen LogP contribution < -0.4 is 4.72 Å². The van der Waals surface area contributed by atoms with Crippen LogP contribution in [0, 0.1) is 0 Å². The van der Waals surface area contributed by atoms with E-state index in [0.717, 1.165) is 0 Å². The minimum Gasteiger partial charge on any atom is -0.261 e. The normalized spacial score (nSPS) is 28.7. The van der Waals surface area contributed by atoms with Crippen molar-refractivity contribution in [3.05, 3.63) is 35.9 Å². The number of benzene rings is 1. The van der Waals surface area contributed by atoms with E-state index < -0.39 is 0 Å². The first-order valence-electron chi connectivity index (χ1n) is 4.82. The zero-order chi connectivity index (χ0) is 9.10. The molecule has 70 valence electrons. The lowest BCUT2D eigenvalue weighted by Crippen LogP contribution is -2.25. The minimum absolute atomic E-state index is 0.650. The van der Waals surface area contributed by atoms with Gasteiger partial charge in [-0.1, -0.05) is 42.3 Å². The fourth-order valence-corrected chi connectivity index (χ4v) is 2.68. The van der Waals surface area contributed by atoms with Crippen molar-refractivity contribution >= 4 is 11.9 Å². The lowest BCUT2D eigenvalue weighted by atomic mass is 10.1. The maximum absolute atomic E-state index is 3.45. The number of nitrogens with one attached hydrogen (secondary N) is 1. The Morgan fingerprint density at radius 2 is 2.00 bits per heavy atom. The Morgan fingerprint density at radius 3 is 2.62 bits per heavy atom. The Balaban J connectivity index is 2.03. The molecule has 0 radical (unpaired) electrons. The van der Waals surface area contributed by atoms with Gasteiger partial charge in [0.2, 0.25) is 0 Å². The second-order valence-corrected chi connectivity index (χ2v) is 4.65. The first kappa shape index (κ1) is 9.10. The Morgan fingerprint density at radius 1 is 1.23 bits per heavy atom. The van der Waals surface area contributed by atoms with E-state index in [1.165, 1.54) is 18.4 Å². The van der Waals surface area contributed by atoms with Crippen molar-refractivity contribution in [2.75, 3.05) is 0 Å². The molecular weight excluding hydrogens is 178 g/mol. The molecule has 1 aliphatic rings. The van der Waals surface area contributed by atoms with Crippen LogP contribution in [-0.4, -0.2) is 6.04 Å². The van der Waals surface area contributed by atoms with Gasteiger partial charge in [-0.15, -0.1) is 0 Å². The van der Waals surface area contributed by atoms with Gasteiger partial charge in [-0.25, -0.2) is 0 Å². The summed E-state index contributed by atoms with van der Waals surface area (Å²) in [5.41, 5.74) is 1.45. The van der Waals surface area contributed by atoms with Crippen LogP contribution in [0.5, 0.6) is 0 Å². The summed E-state index contributed by atoms with van der Waals surface area (Å²) in [6.07, 6.45) is 2.58. The van der Waals surface area contributed by atoms with Gasteiger partial charge < -0.3 is 0 Å². The lowest BCUT2D eigenvalue weighted by Gasteiger charge is -2.26. The van der Waals surface area contributed by atoms with E-state index in [2.05, 4.69) is 42.0 Å². The molecule has 0 bridgehead atoms. The monoisotopic (exact) mass is 193 g/mol. The zero-order valence-electron chi connectivity index (χ0n) is 7.86. The van der Waals surface area contributed by atoms with Crippen molar-refractivity contribution in [1.29, 1.82) is 0 Å². The summed E-state index contributed by atoms with van der Waals surface area (Å²) < 4.78 is 3.45. The second-order valence-electron chi connectivity index (χ2n) is 3.61. The molecule has 0 spiro atoms. The minimum atomic E-state index is 0.650. The summed E-state index contributed by atoms with van der Waals surface area (Å²) in [6, 6.07) is 11.4. The largest absolute Gasteiger partial charge is 0.261 e. The van der Waals surface area contributed by atoms with Crippen molar-refractivity contribution in [3.8, 4) is 0 Å². The summed E-state index contributed by atoms with van der Waals surface area (Å²) in [7, 11) is 0. The Hall–Kier alpha value is -0.470. The number of hydrogen-bond acceptors (Lipinski definition) is 2. The van der Waals surface area contributed by atoms with E-state index in [0.29, 0.717) is 11.3 Å². The lowest BCUT2D eigenvalue weighted by molar-refractivity contribution is 0.561. The van der Waals surface area contributed by atoms with Crippen LogP contribution >= 0.6 is 11.9 Å². The molecule has 1 aromatic rings. The average molecular weight is 193 g/mol. The van der Waals surface area contributed by atoms with E-state index in [4.69, 9.17) is 0 Å². The SMILES string of the molecule is C[C@H]1CCC(c2ccccc2)SN1. The highest BCUT2D eigenvalue weighted by Gasteiger charge is 2.19. The van der Waals surface area contributed by atoms with Crippen molar-refractivity contribution in [2.45, 2.75) is 31.1 Å². The quantitative estimate of drug-likeness (QED) is 0.688. The van der Waals surface area contributed by atoms with Crippen LogP contribution in [0.15, 0.2) is 30.3 Å². The van der Waals surface area contributed by atoms with Crippen molar-refractivity contribution < 1.29 is 0 Å². The van der Waals surface area contributed by atoms with Crippen LogP contribution in [0.3, 0.4) is 0 Å². The van der Waals surface area contributed by atoms with E-state index in [9.17, 15) is 0 Å². The van der Waals surface area contributed by atoms with E-state index >= 15 is 0 Å². The molecule has 1 aliphatic heterocycles. The van der Waals surface area contributed by atoms with Crippen molar-refractivity contribution in [1.82, 2.24) is 4.72 Å². The van der Waals surface area contributed by atoms with Gasteiger partial charge in [0, 0.05) is 11.3 Å². The van der Waals surface area contributed by atoms with Crippen LogP contribution in [-0.2, 0) is 0 Å². The zero-order valence-corrected chi connectivity index (χ0v) is 8.68.